The largest absolute Gasteiger partial charge is 0.493 e. The molecule has 0 fully saturated rings. The van der Waals surface area contributed by atoms with Gasteiger partial charge in [-0.05, 0) is 31.4 Å². The van der Waals surface area contributed by atoms with Crippen LogP contribution in [0, 0.1) is 6.92 Å². The van der Waals surface area contributed by atoms with Gasteiger partial charge in [0.05, 0.1) is 19.7 Å². The van der Waals surface area contributed by atoms with E-state index in [2.05, 4.69) is 26.1 Å². The molecule has 0 atom stereocenters. The van der Waals surface area contributed by atoms with Gasteiger partial charge in [-0.1, -0.05) is 13.8 Å². The van der Waals surface area contributed by atoms with Gasteiger partial charge in [0.1, 0.15) is 0 Å². The van der Waals surface area contributed by atoms with Gasteiger partial charge in [0, 0.05) is 29.4 Å². The number of aryl methyl sites for hydroxylation is 1. The van der Waals surface area contributed by atoms with E-state index in [-0.39, 0.29) is 0 Å². The summed E-state index contributed by atoms with van der Waals surface area (Å²) in [6.07, 6.45) is 1.99. The number of nitrogens with zero attached hydrogens (tertiary/aromatic N) is 1. The highest BCUT2D eigenvalue weighted by molar-refractivity contribution is 5.95. The Morgan fingerprint density at radius 2 is 1.76 bits per heavy atom. The predicted molar refractivity (Wildman–Crippen MR) is 87.7 cm³/mol. The molecule has 0 aliphatic heterocycles. The van der Waals surface area contributed by atoms with Crippen molar-refractivity contribution in [2.24, 2.45) is 0 Å². The van der Waals surface area contributed by atoms with E-state index in [9.17, 15) is 0 Å². The molecule has 0 aliphatic rings. The lowest BCUT2D eigenvalue weighted by atomic mass is 10.0. The Kier molecular flexibility index (Phi) is 4.89. The number of hydrogen-bond acceptors (Lipinski definition) is 4. The fraction of sp³-hybridized carbons (Fsp3) is 0.471. The molecule has 0 amide bonds. The molecule has 1 aromatic carbocycles. The van der Waals surface area contributed by atoms with Crippen LogP contribution in [-0.4, -0.2) is 25.7 Å². The fourth-order valence-corrected chi connectivity index (χ4v) is 2.56. The van der Waals surface area contributed by atoms with Crippen LogP contribution < -0.4 is 14.8 Å². The van der Waals surface area contributed by atoms with Crippen molar-refractivity contribution < 1.29 is 9.47 Å². The third kappa shape index (κ3) is 2.89. The SMILES string of the molecule is CCCNc1c(C)c(CC)nc2cc(OC)c(OC)cc12. The van der Waals surface area contributed by atoms with E-state index < -0.39 is 0 Å². The monoisotopic (exact) mass is 288 g/mol. The molecular weight excluding hydrogens is 264 g/mol. The minimum absolute atomic E-state index is 0.713. The molecular formula is C17H24N2O2. The van der Waals surface area contributed by atoms with Gasteiger partial charge in [-0.25, -0.2) is 0 Å². The second-order valence-corrected chi connectivity index (χ2v) is 5.06. The second-order valence-electron chi connectivity index (χ2n) is 5.06. The van der Waals surface area contributed by atoms with Crippen LogP contribution in [0.15, 0.2) is 12.1 Å². The Labute approximate surface area is 126 Å². The smallest absolute Gasteiger partial charge is 0.162 e. The summed E-state index contributed by atoms with van der Waals surface area (Å²) in [5.74, 6) is 1.44. The van der Waals surface area contributed by atoms with Crippen molar-refractivity contribution in [3.63, 3.8) is 0 Å². The summed E-state index contributed by atoms with van der Waals surface area (Å²) >= 11 is 0. The number of pyridine rings is 1. The summed E-state index contributed by atoms with van der Waals surface area (Å²) in [6, 6.07) is 3.95. The highest BCUT2D eigenvalue weighted by Crippen LogP contribution is 2.36. The van der Waals surface area contributed by atoms with Crippen LogP contribution in [0.25, 0.3) is 10.9 Å². The first-order valence-electron chi connectivity index (χ1n) is 7.45. The molecule has 2 rings (SSSR count). The molecule has 0 saturated heterocycles. The number of benzene rings is 1. The van der Waals surface area contributed by atoms with Crippen molar-refractivity contribution in [2.75, 3.05) is 26.1 Å². The van der Waals surface area contributed by atoms with Crippen LogP contribution in [0.2, 0.25) is 0 Å². The van der Waals surface area contributed by atoms with Crippen LogP contribution in [0.4, 0.5) is 5.69 Å². The molecule has 0 bridgehead atoms. The van der Waals surface area contributed by atoms with Gasteiger partial charge in [0.15, 0.2) is 11.5 Å². The number of aromatic nitrogens is 1. The third-order valence-electron chi connectivity index (χ3n) is 3.72. The lowest BCUT2D eigenvalue weighted by Gasteiger charge is -2.17. The van der Waals surface area contributed by atoms with E-state index in [4.69, 9.17) is 14.5 Å². The molecule has 0 unspecified atom stereocenters. The molecule has 1 N–H and O–H groups in total. The number of nitrogens with one attached hydrogen (secondary N) is 1. The first kappa shape index (κ1) is 15.4. The van der Waals surface area contributed by atoms with E-state index in [0.29, 0.717) is 5.75 Å². The number of hydrogen-bond donors (Lipinski definition) is 1. The second kappa shape index (κ2) is 6.66. The van der Waals surface area contributed by atoms with E-state index in [1.165, 1.54) is 5.56 Å². The van der Waals surface area contributed by atoms with Gasteiger partial charge < -0.3 is 14.8 Å². The van der Waals surface area contributed by atoms with Crippen molar-refractivity contribution in [2.45, 2.75) is 33.6 Å². The number of ether oxygens (including phenoxy) is 2. The van der Waals surface area contributed by atoms with Crippen LogP contribution in [0.5, 0.6) is 11.5 Å². The molecule has 1 heterocycles. The zero-order chi connectivity index (χ0) is 15.4. The normalized spacial score (nSPS) is 10.7. The summed E-state index contributed by atoms with van der Waals surface area (Å²) in [4.78, 5) is 4.77. The van der Waals surface area contributed by atoms with Gasteiger partial charge in [-0.15, -0.1) is 0 Å². The molecule has 4 heteroatoms. The molecule has 4 nitrogen and oxygen atoms in total. The van der Waals surface area contributed by atoms with Gasteiger partial charge in [0.2, 0.25) is 0 Å². The molecule has 1 aromatic heterocycles. The molecule has 21 heavy (non-hydrogen) atoms. The minimum Gasteiger partial charge on any atom is -0.493 e. The van der Waals surface area contributed by atoms with Crippen LogP contribution in [-0.2, 0) is 6.42 Å². The number of methoxy groups -OCH3 is 2. The Bertz CT molecular complexity index is 638. The molecule has 0 aliphatic carbocycles. The Morgan fingerprint density at radius 3 is 2.33 bits per heavy atom. The van der Waals surface area contributed by atoms with Gasteiger partial charge in [0.25, 0.3) is 0 Å². The maximum Gasteiger partial charge on any atom is 0.162 e. The summed E-state index contributed by atoms with van der Waals surface area (Å²) < 4.78 is 10.8. The summed E-state index contributed by atoms with van der Waals surface area (Å²) in [5, 5.41) is 4.61. The lowest BCUT2D eigenvalue weighted by Crippen LogP contribution is -2.06. The van der Waals surface area contributed by atoms with Crippen molar-refractivity contribution in [3.05, 3.63) is 23.4 Å². The molecule has 0 radical (unpaired) electrons. The topological polar surface area (TPSA) is 43.4 Å². The fourth-order valence-electron chi connectivity index (χ4n) is 2.56. The van der Waals surface area contributed by atoms with Crippen LogP contribution >= 0.6 is 0 Å². The number of fused-ring (bicyclic) bond motifs is 1. The molecule has 0 spiro atoms. The first-order valence-corrected chi connectivity index (χ1v) is 7.45. The molecule has 2 aromatic rings. The van der Waals surface area contributed by atoms with E-state index in [1.54, 1.807) is 14.2 Å². The van der Waals surface area contributed by atoms with Gasteiger partial charge >= 0.3 is 0 Å². The van der Waals surface area contributed by atoms with Crippen LogP contribution in [0.3, 0.4) is 0 Å². The average molecular weight is 288 g/mol. The van der Waals surface area contributed by atoms with Crippen molar-refractivity contribution in [1.82, 2.24) is 4.98 Å². The third-order valence-corrected chi connectivity index (χ3v) is 3.72. The van der Waals surface area contributed by atoms with Crippen molar-refractivity contribution >= 4 is 16.6 Å². The van der Waals surface area contributed by atoms with Gasteiger partial charge in [-0.2, -0.15) is 0 Å². The number of rotatable bonds is 6. The lowest BCUT2D eigenvalue weighted by molar-refractivity contribution is 0.356. The maximum atomic E-state index is 5.42. The number of anilines is 1. The van der Waals surface area contributed by atoms with Crippen molar-refractivity contribution in [1.29, 1.82) is 0 Å². The van der Waals surface area contributed by atoms with E-state index in [0.717, 1.165) is 47.4 Å². The van der Waals surface area contributed by atoms with E-state index >= 15 is 0 Å². The Morgan fingerprint density at radius 1 is 1.10 bits per heavy atom. The zero-order valence-electron chi connectivity index (χ0n) is 13.5. The minimum atomic E-state index is 0.713. The first-order chi connectivity index (χ1) is 10.2. The average Bonchev–Trinajstić information content (AvgIpc) is 2.52. The zero-order valence-corrected chi connectivity index (χ0v) is 13.5. The van der Waals surface area contributed by atoms with Crippen molar-refractivity contribution in [3.8, 4) is 11.5 Å². The highest BCUT2D eigenvalue weighted by atomic mass is 16.5. The Hall–Kier alpha value is -1.97. The molecule has 114 valence electrons. The van der Waals surface area contributed by atoms with E-state index in [1.807, 2.05) is 12.1 Å². The maximum absolute atomic E-state index is 5.42. The quantitative estimate of drug-likeness (QED) is 0.874. The standard InChI is InChI=1S/C17H24N2O2/c1-6-8-18-17-11(3)13(7-2)19-14-10-16(21-5)15(20-4)9-12(14)17/h9-10H,6-8H2,1-5H3,(H,18,19). The van der Waals surface area contributed by atoms with Crippen LogP contribution in [0.1, 0.15) is 31.5 Å². The molecule has 0 saturated carbocycles. The Balaban J connectivity index is 2.72. The predicted octanol–water partition coefficient (Wildman–Crippen LogP) is 3.94. The summed E-state index contributed by atoms with van der Waals surface area (Å²) in [7, 11) is 3.30. The summed E-state index contributed by atoms with van der Waals surface area (Å²) in [6.45, 7) is 7.36. The highest BCUT2D eigenvalue weighted by Gasteiger charge is 2.14. The summed E-state index contributed by atoms with van der Waals surface area (Å²) in [5.41, 5.74) is 4.42. The van der Waals surface area contributed by atoms with Gasteiger partial charge in [-0.3, -0.25) is 4.98 Å².